The number of aromatic carboxylic acids is 2. The van der Waals surface area contributed by atoms with E-state index in [2.05, 4.69) is 24.9 Å². The fourth-order valence-corrected chi connectivity index (χ4v) is 4.03. The maximum Gasteiger partial charge on any atom is 0.354 e. The average Bonchev–Trinajstić information content (AvgIpc) is 3.68. The molecule has 8 N–H and O–H groups in total. The first-order chi connectivity index (χ1) is 21.3. The third-order valence-electron chi connectivity index (χ3n) is 6.20. The summed E-state index contributed by atoms with van der Waals surface area (Å²) in [5.41, 5.74) is 17.0. The van der Waals surface area contributed by atoms with Gasteiger partial charge in [0.1, 0.15) is 22.8 Å². The summed E-state index contributed by atoms with van der Waals surface area (Å²) < 4.78 is 0. The van der Waals surface area contributed by atoms with Crippen LogP contribution in [0.3, 0.4) is 0 Å². The third kappa shape index (κ3) is 6.83. The van der Waals surface area contributed by atoms with Crippen LogP contribution in [0.25, 0.3) is 45.1 Å². The number of anilines is 2. The Bertz CT molecular complexity index is 1880. The van der Waals surface area contributed by atoms with Crippen LogP contribution in [0.2, 0.25) is 0 Å². The number of nitrogens with zero attached hydrogens (tertiary/aromatic N) is 4. The Morgan fingerprint density at radius 3 is 1.32 bits per heavy atom. The largest absolute Gasteiger partial charge is 0.477 e. The molecule has 0 unspecified atom stereocenters. The van der Waals surface area contributed by atoms with E-state index >= 15 is 0 Å². The van der Waals surface area contributed by atoms with Gasteiger partial charge in [0, 0.05) is 0 Å². The first kappa shape index (κ1) is 29.0. The highest BCUT2D eigenvalue weighted by Gasteiger charge is 2.11. The van der Waals surface area contributed by atoms with Crippen molar-refractivity contribution in [3.8, 4) is 23.0 Å². The number of aromatic nitrogens is 6. The molecule has 12 nitrogen and oxygen atoms in total. The molecule has 3 aromatic carbocycles. The zero-order chi connectivity index (χ0) is 31.1. The van der Waals surface area contributed by atoms with Gasteiger partial charge in [0.15, 0.2) is 11.6 Å². The number of pyridine rings is 2. The van der Waals surface area contributed by atoms with Crippen molar-refractivity contribution >= 4 is 45.4 Å². The van der Waals surface area contributed by atoms with Crippen LogP contribution in [0.5, 0.6) is 0 Å². The minimum absolute atomic E-state index is 0.269. The van der Waals surface area contributed by atoms with Crippen molar-refractivity contribution in [2.24, 2.45) is 0 Å². The van der Waals surface area contributed by atoms with E-state index in [4.69, 9.17) is 26.7 Å². The van der Waals surface area contributed by atoms with Crippen molar-refractivity contribution in [3.05, 3.63) is 121 Å². The van der Waals surface area contributed by atoms with Crippen molar-refractivity contribution in [1.82, 2.24) is 29.9 Å². The Hall–Kier alpha value is -6.56. The standard InChI is InChI=1S/C19H13N5.C7H5NO4.C6H8N2/c1-2-7-13-12(6-1)21-18(22-13)16-10-5-11-17(20-16)19-23-14-8-3-4-9-15(14)24-19;9-6(10)4-2-1-3-5(8-4)7(11)12;7-5-3-1-2-4-6(5)8/h1-11H,(H,21,22)(H,23,24);1-3H,(H,9,10)(H,11,12);1-4H,7-8H2. The van der Waals surface area contributed by atoms with Crippen molar-refractivity contribution < 1.29 is 19.8 Å². The molecule has 0 aliphatic rings. The minimum atomic E-state index is -1.24. The molecule has 218 valence electrons. The average molecular weight is 587 g/mol. The Labute approximate surface area is 250 Å². The van der Waals surface area contributed by atoms with Crippen molar-refractivity contribution in [1.29, 1.82) is 0 Å². The second-order valence-corrected chi connectivity index (χ2v) is 9.26. The number of fused-ring (bicyclic) bond motifs is 2. The van der Waals surface area contributed by atoms with Crippen LogP contribution >= 0.6 is 0 Å². The van der Waals surface area contributed by atoms with Crippen LogP contribution in [0.15, 0.2) is 109 Å². The van der Waals surface area contributed by atoms with Crippen LogP contribution in [-0.4, -0.2) is 52.1 Å². The van der Waals surface area contributed by atoms with Gasteiger partial charge in [0.25, 0.3) is 0 Å². The number of nitrogen functional groups attached to an aromatic ring is 2. The molecular formula is C32H26N8O4. The maximum atomic E-state index is 10.3. The van der Waals surface area contributed by atoms with Gasteiger partial charge < -0.3 is 31.6 Å². The number of H-pyrrole nitrogens is 2. The van der Waals surface area contributed by atoms with Gasteiger partial charge in [-0.15, -0.1) is 0 Å². The Morgan fingerprint density at radius 1 is 0.500 bits per heavy atom. The summed E-state index contributed by atoms with van der Waals surface area (Å²) in [5, 5.41) is 16.9. The number of benzene rings is 3. The lowest BCUT2D eigenvalue weighted by Crippen LogP contribution is -2.06. The smallest absolute Gasteiger partial charge is 0.354 e. The molecule has 0 fully saturated rings. The number of carboxylic acids is 2. The number of hydrogen-bond acceptors (Lipinski definition) is 8. The number of aromatic amines is 2. The number of nitrogens with one attached hydrogen (secondary N) is 2. The number of hydrogen-bond donors (Lipinski definition) is 6. The Balaban J connectivity index is 0.000000160. The molecule has 0 atom stereocenters. The summed E-state index contributed by atoms with van der Waals surface area (Å²) in [5.74, 6) is -0.959. The molecule has 0 bridgehead atoms. The molecule has 0 amide bonds. The lowest BCUT2D eigenvalue weighted by molar-refractivity contribution is 0.0685. The quantitative estimate of drug-likeness (QED) is 0.143. The fourth-order valence-electron chi connectivity index (χ4n) is 4.03. The summed E-state index contributed by atoms with van der Waals surface area (Å²) in [7, 11) is 0. The topological polar surface area (TPSA) is 210 Å². The SMILES string of the molecule is Nc1ccccc1N.O=C(O)c1cccc(C(=O)O)n1.c1cc(-c2nc3ccccc3[nH]2)nc(-c2nc3ccccc3[nH]2)c1. The highest BCUT2D eigenvalue weighted by Crippen LogP contribution is 2.23. The second kappa shape index (κ2) is 13.0. The molecule has 44 heavy (non-hydrogen) atoms. The normalized spacial score (nSPS) is 10.4. The molecule has 0 saturated carbocycles. The molecule has 12 heteroatoms. The van der Waals surface area contributed by atoms with Crippen molar-refractivity contribution in [2.75, 3.05) is 11.5 Å². The van der Waals surface area contributed by atoms with Gasteiger partial charge in [0.2, 0.25) is 0 Å². The fraction of sp³-hybridized carbons (Fsp3) is 0. The maximum absolute atomic E-state index is 10.3. The van der Waals surface area contributed by atoms with E-state index in [0.717, 1.165) is 45.1 Å². The molecule has 0 aliphatic heterocycles. The van der Waals surface area contributed by atoms with E-state index in [1.54, 1.807) is 12.1 Å². The van der Waals surface area contributed by atoms with Crippen molar-refractivity contribution in [3.63, 3.8) is 0 Å². The van der Waals surface area contributed by atoms with E-state index in [1.807, 2.05) is 78.9 Å². The molecular weight excluding hydrogens is 560 g/mol. The van der Waals surface area contributed by atoms with Gasteiger partial charge in [0.05, 0.1) is 33.4 Å². The predicted octanol–water partition coefficient (Wildman–Crippen LogP) is 5.50. The van der Waals surface area contributed by atoms with Gasteiger partial charge in [-0.2, -0.15) is 0 Å². The summed E-state index contributed by atoms with van der Waals surface area (Å²) in [6.07, 6.45) is 0. The van der Waals surface area contributed by atoms with Gasteiger partial charge in [-0.05, 0) is 60.7 Å². The molecule has 7 aromatic rings. The van der Waals surface area contributed by atoms with Crippen LogP contribution in [0.1, 0.15) is 21.0 Å². The van der Waals surface area contributed by atoms with E-state index in [1.165, 1.54) is 18.2 Å². The first-order valence-corrected chi connectivity index (χ1v) is 13.2. The molecule has 7 rings (SSSR count). The zero-order valence-corrected chi connectivity index (χ0v) is 23.0. The summed E-state index contributed by atoms with van der Waals surface area (Å²) in [6.45, 7) is 0. The molecule has 0 spiro atoms. The molecule has 0 aliphatic carbocycles. The number of carboxylic acid groups (broad SMARTS) is 2. The van der Waals surface area contributed by atoms with E-state index in [9.17, 15) is 9.59 Å². The van der Waals surface area contributed by atoms with Crippen molar-refractivity contribution in [2.45, 2.75) is 0 Å². The van der Waals surface area contributed by atoms with Gasteiger partial charge in [-0.3, -0.25) is 0 Å². The zero-order valence-electron chi connectivity index (χ0n) is 23.0. The molecule has 4 aromatic heterocycles. The van der Waals surface area contributed by atoms with Crippen LogP contribution in [-0.2, 0) is 0 Å². The molecule has 4 heterocycles. The van der Waals surface area contributed by atoms with Crippen LogP contribution in [0.4, 0.5) is 11.4 Å². The predicted molar refractivity (Wildman–Crippen MR) is 168 cm³/mol. The third-order valence-corrected chi connectivity index (χ3v) is 6.20. The van der Waals surface area contributed by atoms with Gasteiger partial charge >= 0.3 is 11.9 Å². The summed E-state index contributed by atoms with van der Waals surface area (Å²) in [4.78, 5) is 44.6. The Kier molecular flexibility index (Phi) is 8.52. The molecule has 0 saturated heterocycles. The number of imidazole rings is 2. The number of rotatable bonds is 4. The highest BCUT2D eigenvalue weighted by molar-refractivity contribution is 5.89. The van der Waals surface area contributed by atoms with E-state index in [-0.39, 0.29) is 11.4 Å². The number of carbonyl (C=O) groups is 2. The lowest BCUT2D eigenvalue weighted by atomic mass is 10.3. The van der Waals surface area contributed by atoms with E-state index < -0.39 is 11.9 Å². The summed E-state index contributed by atoms with van der Waals surface area (Å²) >= 11 is 0. The second-order valence-electron chi connectivity index (χ2n) is 9.26. The monoisotopic (exact) mass is 586 g/mol. The van der Waals surface area contributed by atoms with Gasteiger partial charge in [-0.1, -0.05) is 48.5 Å². The number of nitrogens with two attached hydrogens (primary N) is 2. The molecule has 0 radical (unpaired) electrons. The van der Waals surface area contributed by atoms with Crippen LogP contribution < -0.4 is 11.5 Å². The van der Waals surface area contributed by atoms with Gasteiger partial charge in [-0.25, -0.2) is 29.5 Å². The first-order valence-electron chi connectivity index (χ1n) is 13.2. The van der Waals surface area contributed by atoms with E-state index in [0.29, 0.717) is 11.4 Å². The lowest BCUT2D eigenvalue weighted by Gasteiger charge is -1.99. The summed E-state index contributed by atoms with van der Waals surface area (Å²) in [6, 6.07) is 32.8. The van der Waals surface area contributed by atoms with Crippen LogP contribution in [0, 0.1) is 0 Å². The number of para-hydroxylation sites is 6. The highest BCUT2D eigenvalue weighted by atomic mass is 16.4. The minimum Gasteiger partial charge on any atom is -0.477 e. The Morgan fingerprint density at radius 2 is 0.909 bits per heavy atom.